The highest BCUT2D eigenvalue weighted by Crippen LogP contribution is 2.53. The molecule has 0 amide bonds. The van der Waals surface area contributed by atoms with E-state index in [0.29, 0.717) is 11.5 Å². The van der Waals surface area contributed by atoms with E-state index in [9.17, 15) is 14.3 Å². The van der Waals surface area contributed by atoms with Gasteiger partial charge in [0, 0.05) is 23.7 Å². The fourth-order valence-electron chi connectivity index (χ4n) is 4.48. The Labute approximate surface area is 161 Å². The topological polar surface area (TPSA) is 58.6 Å². The standard InChI is InChI=1S/C23H17FO4/c24-15-8-5-13(6-9-15)20-16-3-1-2-4-17(16)21(22(20)23(25)26)14-7-10-18-19(11-14)28-12-27-18/h1-11,20-22H,12H2,(H,25,26)/p-1. The van der Waals surface area contributed by atoms with Crippen LogP contribution in [0.3, 0.4) is 0 Å². The van der Waals surface area contributed by atoms with Gasteiger partial charge in [0.2, 0.25) is 6.79 Å². The zero-order chi connectivity index (χ0) is 19.3. The first-order chi connectivity index (χ1) is 13.6. The molecule has 3 aromatic carbocycles. The fraction of sp³-hybridized carbons (Fsp3) is 0.174. The van der Waals surface area contributed by atoms with Crippen LogP contribution >= 0.6 is 0 Å². The van der Waals surface area contributed by atoms with Crippen molar-refractivity contribution in [1.29, 1.82) is 0 Å². The van der Waals surface area contributed by atoms with Crippen LogP contribution in [0.5, 0.6) is 11.5 Å². The van der Waals surface area contributed by atoms with Crippen molar-refractivity contribution >= 4 is 5.97 Å². The van der Waals surface area contributed by atoms with Crippen molar-refractivity contribution in [2.24, 2.45) is 5.92 Å². The number of ether oxygens (including phenoxy) is 2. The highest BCUT2D eigenvalue weighted by Gasteiger charge is 2.43. The van der Waals surface area contributed by atoms with Gasteiger partial charge in [0.15, 0.2) is 11.5 Å². The Hall–Kier alpha value is -3.34. The molecule has 0 saturated heterocycles. The maximum atomic E-state index is 13.4. The molecule has 0 bridgehead atoms. The summed E-state index contributed by atoms with van der Waals surface area (Å²) in [6.45, 7) is 0.155. The summed E-state index contributed by atoms with van der Waals surface area (Å²) in [5, 5.41) is 12.3. The van der Waals surface area contributed by atoms with E-state index in [1.807, 2.05) is 36.4 Å². The minimum atomic E-state index is -1.13. The first-order valence-electron chi connectivity index (χ1n) is 9.08. The number of carboxylic acid groups (broad SMARTS) is 1. The second-order valence-electron chi connectivity index (χ2n) is 7.09. The lowest BCUT2D eigenvalue weighted by Gasteiger charge is -2.27. The highest BCUT2D eigenvalue weighted by atomic mass is 19.1. The molecule has 0 fully saturated rings. The molecule has 4 nitrogen and oxygen atoms in total. The summed E-state index contributed by atoms with van der Waals surface area (Å²) in [4.78, 5) is 12.3. The van der Waals surface area contributed by atoms with Crippen LogP contribution in [0.15, 0.2) is 66.7 Å². The van der Waals surface area contributed by atoms with Gasteiger partial charge in [0.25, 0.3) is 0 Å². The molecule has 3 aromatic rings. The van der Waals surface area contributed by atoms with Crippen LogP contribution in [-0.4, -0.2) is 12.8 Å². The van der Waals surface area contributed by atoms with E-state index in [1.54, 1.807) is 18.2 Å². The van der Waals surface area contributed by atoms with E-state index in [4.69, 9.17) is 9.47 Å². The van der Waals surface area contributed by atoms with Crippen molar-refractivity contribution in [2.75, 3.05) is 6.79 Å². The van der Waals surface area contributed by atoms with Crippen molar-refractivity contribution in [3.8, 4) is 11.5 Å². The average Bonchev–Trinajstić information content (AvgIpc) is 3.30. The van der Waals surface area contributed by atoms with Gasteiger partial charge < -0.3 is 19.4 Å². The fourth-order valence-corrected chi connectivity index (χ4v) is 4.48. The lowest BCUT2D eigenvalue weighted by atomic mass is 9.79. The van der Waals surface area contributed by atoms with E-state index < -0.39 is 23.7 Å². The molecular formula is C23H16FO4-. The minimum absolute atomic E-state index is 0.155. The number of hydrogen-bond acceptors (Lipinski definition) is 4. The largest absolute Gasteiger partial charge is 0.550 e. The zero-order valence-corrected chi connectivity index (χ0v) is 14.8. The number of carboxylic acids is 1. The molecule has 140 valence electrons. The summed E-state index contributed by atoms with van der Waals surface area (Å²) >= 11 is 0. The molecule has 28 heavy (non-hydrogen) atoms. The highest BCUT2D eigenvalue weighted by molar-refractivity contribution is 5.76. The van der Waals surface area contributed by atoms with Crippen molar-refractivity contribution in [2.45, 2.75) is 11.8 Å². The van der Waals surface area contributed by atoms with Gasteiger partial charge in [-0.2, -0.15) is 0 Å². The Kier molecular flexibility index (Phi) is 3.83. The predicted octanol–water partition coefficient (Wildman–Crippen LogP) is 3.20. The molecular weight excluding hydrogens is 359 g/mol. The lowest BCUT2D eigenvalue weighted by molar-refractivity contribution is -0.312. The molecule has 1 aliphatic heterocycles. The van der Waals surface area contributed by atoms with Crippen LogP contribution in [0, 0.1) is 11.7 Å². The van der Waals surface area contributed by atoms with Gasteiger partial charge in [-0.1, -0.05) is 42.5 Å². The zero-order valence-electron chi connectivity index (χ0n) is 14.8. The van der Waals surface area contributed by atoms with E-state index >= 15 is 0 Å². The summed E-state index contributed by atoms with van der Waals surface area (Å²) in [7, 11) is 0. The Morgan fingerprint density at radius 2 is 1.46 bits per heavy atom. The molecule has 0 spiro atoms. The van der Waals surface area contributed by atoms with Crippen LogP contribution in [0.25, 0.3) is 0 Å². The number of aliphatic carboxylic acids is 1. The van der Waals surface area contributed by atoms with Crippen molar-refractivity contribution < 1.29 is 23.8 Å². The first-order valence-corrected chi connectivity index (χ1v) is 9.08. The normalized spacial score (nSPS) is 22.1. The maximum absolute atomic E-state index is 13.4. The molecule has 1 heterocycles. The van der Waals surface area contributed by atoms with E-state index in [1.165, 1.54) is 12.1 Å². The Morgan fingerprint density at radius 3 is 2.14 bits per heavy atom. The third kappa shape index (κ3) is 2.54. The Morgan fingerprint density at radius 1 is 0.857 bits per heavy atom. The molecule has 2 aliphatic rings. The van der Waals surface area contributed by atoms with Crippen LogP contribution < -0.4 is 14.6 Å². The van der Waals surface area contributed by atoms with Crippen molar-refractivity contribution in [3.05, 3.63) is 94.8 Å². The van der Waals surface area contributed by atoms with E-state index in [0.717, 1.165) is 22.3 Å². The summed E-state index contributed by atoms with van der Waals surface area (Å²) in [6, 6.07) is 19.2. The third-order valence-electron chi connectivity index (χ3n) is 5.64. The molecule has 3 atom stereocenters. The second kappa shape index (κ2) is 6.37. The summed E-state index contributed by atoms with van der Waals surface area (Å²) in [5.41, 5.74) is 3.44. The van der Waals surface area contributed by atoms with Gasteiger partial charge in [-0.3, -0.25) is 0 Å². The number of carbonyl (C=O) groups is 1. The summed E-state index contributed by atoms with van der Waals surface area (Å²) < 4.78 is 24.3. The monoisotopic (exact) mass is 375 g/mol. The van der Waals surface area contributed by atoms with Gasteiger partial charge in [0.05, 0.1) is 0 Å². The number of rotatable bonds is 3. The number of carbonyl (C=O) groups excluding carboxylic acids is 1. The van der Waals surface area contributed by atoms with Gasteiger partial charge in [-0.15, -0.1) is 0 Å². The van der Waals surface area contributed by atoms with Gasteiger partial charge in [-0.25, -0.2) is 4.39 Å². The minimum Gasteiger partial charge on any atom is -0.550 e. The molecule has 5 heteroatoms. The number of fused-ring (bicyclic) bond motifs is 2. The van der Waals surface area contributed by atoms with E-state index in [2.05, 4.69) is 0 Å². The smallest absolute Gasteiger partial charge is 0.231 e. The first kappa shape index (κ1) is 16.8. The molecule has 0 aromatic heterocycles. The van der Waals surface area contributed by atoms with Gasteiger partial charge in [-0.05, 0) is 46.5 Å². The van der Waals surface area contributed by atoms with Crippen LogP contribution in [0.1, 0.15) is 34.1 Å². The van der Waals surface area contributed by atoms with E-state index in [-0.39, 0.29) is 12.6 Å². The maximum Gasteiger partial charge on any atom is 0.231 e. The number of benzene rings is 3. The number of hydrogen-bond donors (Lipinski definition) is 0. The van der Waals surface area contributed by atoms with Gasteiger partial charge >= 0.3 is 0 Å². The Balaban J connectivity index is 1.68. The van der Waals surface area contributed by atoms with Crippen LogP contribution in [0.4, 0.5) is 4.39 Å². The third-order valence-corrected chi connectivity index (χ3v) is 5.64. The molecule has 3 unspecified atom stereocenters. The van der Waals surface area contributed by atoms with Crippen molar-refractivity contribution in [1.82, 2.24) is 0 Å². The second-order valence-corrected chi connectivity index (χ2v) is 7.09. The number of halogens is 1. The summed E-state index contributed by atoms with van der Waals surface area (Å²) in [6.07, 6.45) is 0. The average molecular weight is 375 g/mol. The van der Waals surface area contributed by atoms with Crippen LogP contribution in [-0.2, 0) is 4.79 Å². The SMILES string of the molecule is O=C([O-])C1C(c2ccc(F)cc2)c2ccccc2C1c1ccc2c(c1)OCO2. The predicted molar refractivity (Wildman–Crippen MR) is 97.6 cm³/mol. The van der Waals surface area contributed by atoms with Gasteiger partial charge in [0.1, 0.15) is 5.82 Å². The molecule has 0 saturated carbocycles. The quantitative estimate of drug-likeness (QED) is 0.705. The molecule has 5 rings (SSSR count). The molecule has 0 radical (unpaired) electrons. The van der Waals surface area contributed by atoms with Crippen molar-refractivity contribution in [3.63, 3.8) is 0 Å². The van der Waals surface area contributed by atoms with Crippen LogP contribution in [0.2, 0.25) is 0 Å². The molecule has 1 aliphatic carbocycles. The summed E-state index contributed by atoms with van der Waals surface area (Å²) in [5.74, 6) is -1.86. The Bertz CT molecular complexity index is 1060. The molecule has 0 N–H and O–H groups in total. The lowest BCUT2D eigenvalue weighted by Crippen LogP contribution is -2.36.